The van der Waals surface area contributed by atoms with Crippen molar-refractivity contribution in [2.45, 2.75) is 38.2 Å². The Morgan fingerprint density at radius 2 is 2.20 bits per heavy atom. The van der Waals surface area contributed by atoms with Gasteiger partial charge in [0.05, 0.1) is 5.56 Å². The number of amides is 1. The zero-order chi connectivity index (χ0) is 18.6. The highest BCUT2D eigenvalue weighted by Crippen LogP contribution is 2.25. The van der Waals surface area contributed by atoms with Gasteiger partial charge in [-0.25, -0.2) is 13.8 Å². The summed E-state index contributed by atoms with van der Waals surface area (Å²) in [7, 11) is 0. The first kappa shape index (κ1) is 19.4. The van der Waals surface area contributed by atoms with E-state index in [9.17, 15) is 22.4 Å². The Morgan fingerprint density at radius 3 is 2.76 bits per heavy atom. The molecule has 1 aromatic heterocycles. The van der Waals surface area contributed by atoms with E-state index in [4.69, 9.17) is 5.73 Å². The standard InChI is InChI=1S/C16H21F4N3O2/c1-10-4-5-23(12(6-10)7-21)14(24)11-2-3-13(22-8-11)25-9-16(19,20)15(17)18/h2-3,8,10,12,15H,4-7,9,21H2,1H3. The minimum absolute atomic E-state index is 0.0584. The van der Waals surface area contributed by atoms with Crippen LogP contribution in [0.3, 0.4) is 0 Å². The van der Waals surface area contributed by atoms with Crippen molar-refractivity contribution in [1.82, 2.24) is 9.88 Å². The number of likely N-dealkylation sites (tertiary alicyclic amines) is 1. The topological polar surface area (TPSA) is 68.5 Å². The number of rotatable bonds is 6. The van der Waals surface area contributed by atoms with Crippen molar-refractivity contribution in [3.05, 3.63) is 23.9 Å². The summed E-state index contributed by atoms with van der Waals surface area (Å²) >= 11 is 0. The Bertz CT molecular complexity index is 583. The van der Waals surface area contributed by atoms with Gasteiger partial charge in [0.2, 0.25) is 5.88 Å². The van der Waals surface area contributed by atoms with Crippen molar-refractivity contribution < 1.29 is 27.1 Å². The lowest BCUT2D eigenvalue weighted by atomic mass is 9.92. The Balaban J connectivity index is 2.00. The molecule has 9 heteroatoms. The van der Waals surface area contributed by atoms with Crippen LogP contribution in [0.25, 0.3) is 0 Å². The maximum Gasteiger partial charge on any atom is 0.340 e. The molecule has 0 radical (unpaired) electrons. The van der Waals surface area contributed by atoms with Gasteiger partial charge < -0.3 is 15.4 Å². The molecule has 5 nitrogen and oxygen atoms in total. The van der Waals surface area contributed by atoms with E-state index >= 15 is 0 Å². The Labute approximate surface area is 143 Å². The quantitative estimate of drug-likeness (QED) is 0.789. The number of carbonyl (C=O) groups is 1. The van der Waals surface area contributed by atoms with Gasteiger partial charge in [0.15, 0.2) is 6.61 Å². The number of aromatic nitrogens is 1. The molecule has 0 bridgehead atoms. The second-order valence-corrected chi connectivity index (χ2v) is 6.25. The second kappa shape index (κ2) is 7.99. The fourth-order valence-corrected chi connectivity index (χ4v) is 2.73. The summed E-state index contributed by atoms with van der Waals surface area (Å²) in [5.41, 5.74) is 6.00. The van der Waals surface area contributed by atoms with Crippen LogP contribution in [-0.2, 0) is 0 Å². The molecule has 1 aliphatic rings. The molecular weight excluding hydrogens is 342 g/mol. The largest absolute Gasteiger partial charge is 0.471 e. The molecule has 25 heavy (non-hydrogen) atoms. The van der Waals surface area contributed by atoms with Gasteiger partial charge in [0, 0.05) is 31.4 Å². The summed E-state index contributed by atoms with van der Waals surface area (Å²) in [6, 6.07) is 2.52. The third kappa shape index (κ3) is 4.81. The lowest BCUT2D eigenvalue weighted by Gasteiger charge is -2.38. The second-order valence-electron chi connectivity index (χ2n) is 6.25. The predicted octanol–water partition coefficient (Wildman–Crippen LogP) is 2.56. The Kier molecular flexibility index (Phi) is 6.21. The van der Waals surface area contributed by atoms with Crippen LogP contribution in [0.5, 0.6) is 5.88 Å². The number of hydrogen-bond acceptors (Lipinski definition) is 4. The molecule has 1 aliphatic heterocycles. The molecule has 2 rings (SSSR count). The number of pyridine rings is 1. The first-order valence-electron chi connectivity index (χ1n) is 8.00. The van der Waals surface area contributed by atoms with Crippen molar-refractivity contribution in [3.63, 3.8) is 0 Å². The molecule has 0 aliphatic carbocycles. The Hall–Kier alpha value is -1.90. The molecule has 1 fully saturated rings. The number of nitrogens with zero attached hydrogens (tertiary/aromatic N) is 2. The number of piperidine rings is 1. The van der Waals surface area contributed by atoms with Crippen molar-refractivity contribution in [2.75, 3.05) is 19.7 Å². The van der Waals surface area contributed by atoms with E-state index in [-0.39, 0.29) is 23.4 Å². The average molecular weight is 363 g/mol. The highest BCUT2D eigenvalue weighted by molar-refractivity contribution is 5.94. The van der Waals surface area contributed by atoms with Gasteiger partial charge >= 0.3 is 12.3 Å². The van der Waals surface area contributed by atoms with Crippen LogP contribution in [-0.4, -0.2) is 53.9 Å². The average Bonchev–Trinajstić information content (AvgIpc) is 2.59. The number of ether oxygens (including phenoxy) is 1. The molecule has 140 valence electrons. The maximum atomic E-state index is 12.8. The predicted molar refractivity (Wildman–Crippen MR) is 83.0 cm³/mol. The first-order chi connectivity index (χ1) is 11.7. The summed E-state index contributed by atoms with van der Waals surface area (Å²) in [5, 5.41) is 0. The molecule has 0 saturated carbocycles. The molecular formula is C16H21F4N3O2. The smallest absolute Gasteiger partial charge is 0.340 e. The first-order valence-corrected chi connectivity index (χ1v) is 8.00. The van der Waals surface area contributed by atoms with Gasteiger partial charge in [-0.05, 0) is 24.8 Å². The van der Waals surface area contributed by atoms with Crippen LogP contribution in [0.2, 0.25) is 0 Å². The van der Waals surface area contributed by atoms with Gasteiger partial charge in [-0.2, -0.15) is 8.78 Å². The zero-order valence-corrected chi connectivity index (χ0v) is 13.8. The van der Waals surface area contributed by atoms with Crippen LogP contribution < -0.4 is 10.5 Å². The number of hydrogen-bond donors (Lipinski definition) is 1. The maximum absolute atomic E-state index is 12.8. The van der Waals surface area contributed by atoms with Gasteiger partial charge in [-0.3, -0.25) is 4.79 Å². The fraction of sp³-hybridized carbons (Fsp3) is 0.625. The number of nitrogens with two attached hydrogens (primary N) is 1. The van der Waals surface area contributed by atoms with Gasteiger partial charge in [0.25, 0.3) is 5.91 Å². The summed E-state index contributed by atoms with van der Waals surface area (Å²) < 4.78 is 54.4. The van der Waals surface area contributed by atoms with Crippen LogP contribution in [0.4, 0.5) is 17.6 Å². The van der Waals surface area contributed by atoms with Gasteiger partial charge in [0.1, 0.15) is 0 Å². The molecule has 2 heterocycles. The van der Waals surface area contributed by atoms with E-state index in [2.05, 4.69) is 16.6 Å². The molecule has 0 aromatic carbocycles. The lowest BCUT2D eigenvalue weighted by Crippen LogP contribution is -2.49. The fourth-order valence-electron chi connectivity index (χ4n) is 2.73. The SMILES string of the molecule is CC1CCN(C(=O)c2ccc(OCC(F)(F)C(F)F)nc2)C(CN)C1. The van der Waals surface area contributed by atoms with Crippen molar-refractivity contribution >= 4 is 5.91 Å². The Morgan fingerprint density at radius 1 is 1.48 bits per heavy atom. The molecule has 1 amide bonds. The van der Waals surface area contributed by atoms with E-state index in [1.807, 2.05) is 0 Å². The third-order valence-corrected chi connectivity index (χ3v) is 4.23. The van der Waals surface area contributed by atoms with Crippen LogP contribution in [0.15, 0.2) is 18.3 Å². The minimum Gasteiger partial charge on any atom is -0.471 e. The molecule has 1 aromatic rings. The van der Waals surface area contributed by atoms with Crippen LogP contribution >= 0.6 is 0 Å². The van der Waals surface area contributed by atoms with Crippen molar-refractivity contribution in [2.24, 2.45) is 11.7 Å². The molecule has 0 spiro atoms. The molecule has 2 unspecified atom stereocenters. The van der Waals surface area contributed by atoms with E-state index in [1.54, 1.807) is 4.90 Å². The monoisotopic (exact) mass is 363 g/mol. The van der Waals surface area contributed by atoms with Crippen LogP contribution in [0, 0.1) is 5.92 Å². The van der Waals surface area contributed by atoms with Crippen LogP contribution in [0.1, 0.15) is 30.1 Å². The summed E-state index contributed by atoms with van der Waals surface area (Å²) in [5.74, 6) is -4.27. The zero-order valence-electron chi connectivity index (χ0n) is 13.8. The van der Waals surface area contributed by atoms with Crippen molar-refractivity contribution in [1.29, 1.82) is 0 Å². The summed E-state index contributed by atoms with van der Waals surface area (Å²) in [6.45, 7) is 1.56. The normalized spacial score (nSPS) is 21.5. The number of alkyl halides is 4. The number of carbonyl (C=O) groups excluding carboxylic acids is 1. The van der Waals surface area contributed by atoms with E-state index in [1.165, 1.54) is 18.3 Å². The highest BCUT2D eigenvalue weighted by Gasteiger charge is 2.41. The molecule has 1 saturated heterocycles. The third-order valence-electron chi connectivity index (χ3n) is 4.23. The molecule has 2 N–H and O–H groups in total. The highest BCUT2D eigenvalue weighted by atomic mass is 19.3. The van der Waals surface area contributed by atoms with E-state index < -0.39 is 19.0 Å². The van der Waals surface area contributed by atoms with Gasteiger partial charge in [-0.1, -0.05) is 6.92 Å². The van der Waals surface area contributed by atoms with Crippen molar-refractivity contribution in [3.8, 4) is 5.88 Å². The minimum atomic E-state index is -4.25. The summed E-state index contributed by atoms with van der Waals surface area (Å²) in [4.78, 5) is 18.0. The van der Waals surface area contributed by atoms with E-state index in [0.717, 1.165) is 12.8 Å². The summed E-state index contributed by atoms with van der Waals surface area (Å²) in [6.07, 6.45) is -0.939. The van der Waals surface area contributed by atoms with Gasteiger partial charge in [-0.15, -0.1) is 0 Å². The lowest BCUT2D eigenvalue weighted by molar-refractivity contribution is -0.148. The number of halogens is 4. The molecule has 2 atom stereocenters. The van der Waals surface area contributed by atoms with E-state index in [0.29, 0.717) is 19.0 Å².